The molecule has 1 aromatic heterocycles. The van der Waals surface area contributed by atoms with E-state index in [9.17, 15) is 9.59 Å². The molecule has 1 fully saturated rings. The first-order chi connectivity index (χ1) is 8.88. The third-order valence-corrected chi connectivity index (χ3v) is 3.27. The molecule has 1 N–H and O–H groups in total. The van der Waals surface area contributed by atoms with E-state index in [2.05, 4.69) is 5.32 Å². The summed E-state index contributed by atoms with van der Waals surface area (Å²) in [4.78, 5) is 25.7. The fraction of sp³-hybridized carbons (Fsp3) is 0.571. The first-order valence-corrected chi connectivity index (χ1v) is 6.48. The summed E-state index contributed by atoms with van der Waals surface area (Å²) in [5.41, 5.74) is -0.282. The Morgan fingerprint density at radius 3 is 2.74 bits per heavy atom. The maximum atomic E-state index is 12.4. The van der Waals surface area contributed by atoms with E-state index in [1.54, 1.807) is 11.2 Å². The second-order valence-corrected chi connectivity index (χ2v) is 5.96. The number of piperazine rings is 1. The van der Waals surface area contributed by atoms with E-state index in [-0.39, 0.29) is 23.8 Å². The molecule has 0 bridgehead atoms. The summed E-state index contributed by atoms with van der Waals surface area (Å²) < 4.78 is 5.24. The number of nitrogens with one attached hydrogen (secondary N) is 1. The number of hydrogen-bond acceptors (Lipinski definition) is 3. The van der Waals surface area contributed by atoms with Crippen molar-refractivity contribution in [1.82, 2.24) is 10.2 Å². The molecule has 1 aromatic rings. The zero-order chi connectivity index (χ0) is 14.0. The first-order valence-electron chi connectivity index (χ1n) is 6.48. The minimum Gasteiger partial charge on any atom is -0.469 e. The van der Waals surface area contributed by atoms with E-state index in [0.29, 0.717) is 13.0 Å². The van der Waals surface area contributed by atoms with Crippen molar-refractivity contribution in [3.05, 3.63) is 24.2 Å². The summed E-state index contributed by atoms with van der Waals surface area (Å²) >= 11 is 0. The Hall–Kier alpha value is -1.78. The molecule has 1 saturated heterocycles. The molecule has 104 valence electrons. The van der Waals surface area contributed by atoms with Crippen LogP contribution in [-0.2, 0) is 16.0 Å². The van der Waals surface area contributed by atoms with Gasteiger partial charge in [-0.05, 0) is 17.5 Å². The van der Waals surface area contributed by atoms with Gasteiger partial charge in [-0.2, -0.15) is 0 Å². The van der Waals surface area contributed by atoms with Gasteiger partial charge in [0.2, 0.25) is 11.8 Å². The van der Waals surface area contributed by atoms with Crippen molar-refractivity contribution in [2.45, 2.75) is 33.2 Å². The van der Waals surface area contributed by atoms with E-state index in [4.69, 9.17) is 4.42 Å². The summed E-state index contributed by atoms with van der Waals surface area (Å²) in [6.07, 6.45) is 2.24. The van der Waals surface area contributed by atoms with Crippen molar-refractivity contribution >= 4 is 11.8 Å². The fourth-order valence-electron chi connectivity index (χ4n) is 2.18. The fourth-order valence-corrected chi connectivity index (χ4v) is 2.18. The highest BCUT2D eigenvalue weighted by Crippen LogP contribution is 2.23. The number of nitrogens with zero attached hydrogens (tertiary/aromatic N) is 1. The molecule has 1 atom stereocenters. The molecule has 0 radical (unpaired) electrons. The summed E-state index contributed by atoms with van der Waals surface area (Å²) in [6, 6.07) is 3.23. The smallest absolute Gasteiger partial charge is 0.246 e. The normalized spacial score (nSPS) is 20.6. The minimum atomic E-state index is -0.453. The molecule has 0 aliphatic carbocycles. The van der Waals surface area contributed by atoms with Crippen LogP contribution in [0, 0.1) is 5.41 Å². The number of carbonyl (C=O) groups is 2. The molecule has 2 amide bonds. The number of hydrogen-bond donors (Lipinski definition) is 1. The van der Waals surface area contributed by atoms with Gasteiger partial charge in [0, 0.05) is 13.0 Å². The number of rotatable bonds is 3. The number of furan rings is 1. The maximum absolute atomic E-state index is 12.4. The van der Waals surface area contributed by atoms with E-state index >= 15 is 0 Å². The lowest BCUT2D eigenvalue weighted by Gasteiger charge is -2.38. The average molecular weight is 264 g/mol. The second-order valence-electron chi connectivity index (χ2n) is 5.96. The Morgan fingerprint density at radius 1 is 1.42 bits per heavy atom. The molecule has 1 aliphatic rings. The van der Waals surface area contributed by atoms with Gasteiger partial charge < -0.3 is 14.6 Å². The largest absolute Gasteiger partial charge is 0.469 e. The standard InChI is InChI=1S/C14H20N2O3/c1-14(2,3)12-13(18)16(9-11(17)15-12)7-6-10-5-4-8-19-10/h4-5,8,12H,6-7,9H2,1-3H3,(H,15,17). The van der Waals surface area contributed by atoms with Crippen LogP contribution in [0.1, 0.15) is 26.5 Å². The third-order valence-electron chi connectivity index (χ3n) is 3.27. The van der Waals surface area contributed by atoms with Gasteiger partial charge in [0.05, 0.1) is 12.8 Å². The molecular formula is C14H20N2O3. The van der Waals surface area contributed by atoms with Crippen LogP contribution in [0.2, 0.25) is 0 Å². The summed E-state index contributed by atoms with van der Waals surface area (Å²) in [5, 5.41) is 2.78. The topological polar surface area (TPSA) is 62.6 Å². The Kier molecular flexibility index (Phi) is 3.64. The summed E-state index contributed by atoms with van der Waals surface area (Å²) in [6.45, 7) is 6.49. The van der Waals surface area contributed by atoms with Gasteiger partial charge in [0.1, 0.15) is 11.8 Å². The van der Waals surface area contributed by atoms with E-state index in [1.165, 1.54) is 0 Å². The van der Waals surface area contributed by atoms with E-state index in [0.717, 1.165) is 5.76 Å². The van der Waals surface area contributed by atoms with Gasteiger partial charge in [-0.3, -0.25) is 9.59 Å². The lowest BCUT2D eigenvalue weighted by molar-refractivity contribution is -0.147. The van der Waals surface area contributed by atoms with Crippen molar-refractivity contribution in [1.29, 1.82) is 0 Å². The third kappa shape index (κ3) is 3.16. The molecule has 2 rings (SSSR count). The van der Waals surface area contributed by atoms with Crippen molar-refractivity contribution in [3.63, 3.8) is 0 Å². The highest BCUT2D eigenvalue weighted by molar-refractivity contribution is 5.95. The first kappa shape index (κ1) is 13.6. The molecule has 19 heavy (non-hydrogen) atoms. The van der Waals surface area contributed by atoms with Crippen LogP contribution in [-0.4, -0.2) is 35.8 Å². The van der Waals surface area contributed by atoms with Crippen LogP contribution in [0.3, 0.4) is 0 Å². The quantitative estimate of drug-likeness (QED) is 0.892. The maximum Gasteiger partial charge on any atom is 0.246 e. The van der Waals surface area contributed by atoms with Crippen LogP contribution in [0.5, 0.6) is 0 Å². The molecule has 1 unspecified atom stereocenters. The monoisotopic (exact) mass is 264 g/mol. The number of amides is 2. The van der Waals surface area contributed by atoms with Gasteiger partial charge in [-0.1, -0.05) is 20.8 Å². The number of carbonyl (C=O) groups excluding carboxylic acids is 2. The van der Waals surface area contributed by atoms with Crippen LogP contribution in [0.25, 0.3) is 0 Å². The highest BCUT2D eigenvalue weighted by atomic mass is 16.3. The van der Waals surface area contributed by atoms with Gasteiger partial charge in [0.25, 0.3) is 0 Å². The lowest BCUT2D eigenvalue weighted by atomic mass is 9.85. The van der Waals surface area contributed by atoms with Gasteiger partial charge in [-0.25, -0.2) is 0 Å². The SMILES string of the molecule is CC(C)(C)C1NC(=O)CN(CCc2ccco2)C1=O. The summed E-state index contributed by atoms with van der Waals surface area (Å²) in [7, 11) is 0. The van der Waals surface area contributed by atoms with E-state index < -0.39 is 6.04 Å². The molecule has 5 nitrogen and oxygen atoms in total. The molecule has 2 heterocycles. The molecule has 1 aliphatic heterocycles. The zero-order valence-electron chi connectivity index (χ0n) is 11.6. The average Bonchev–Trinajstić information content (AvgIpc) is 2.81. The Bertz CT molecular complexity index is 460. The molecule has 0 saturated carbocycles. The minimum absolute atomic E-state index is 0.0151. The van der Waals surface area contributed by atoms with Crippen molar-refractivity contribution in [3.8, 4) is 0 Å². The van der Waals surface area contributed by atoms with Crippen LogP contribution in [0.15, 0.2) is 22.8 Å². The lowest BCUT2D eigenvalue weighted by Crippen LogP contribution is -2.62. The summed E-state index contributed by atoms with van der Waals surface area (Å²) in [5.74, 6) is 0.712. The van der Waals surface area contributed by atoms with Crippen molar-refractivity contribution in [2.24, 2.45) is 5.41 Å². The Labute approximate surface area is 113 Å². The molecule has 0 aromatic carbocycles. The second kappa shape index (κ2) is 5.07. The Morgan fingerprint density at radius 2 is 2.16 bits per heavy atom. The Balaban J connectivity index is 2.03. The van der Waals surface area contributed by atoms with Gasteiger partial charge >= 0.3 is 0 Å². The zero-order valence-corrected chi connectivity index (χ0v) is 11.6. The molecule has 0 spiro atoms. The van der Waals surface area contributed by atoms with E-state index in [1.807, 2.05) is 32.9 Å². The predicted octanol–water partition coefficient (Wildman–Crippen LogP) is 1.20. The molecule has 5 heteroatoms. The van der Waals surface area contributed by atoms with Crippen LogP contribution in [0.4, 0.5) is 0 Å². The highest BCUT2D eigenvalue weighted by Gasteiger charge is 2.39. The van der Waals surface area contributed by atoms with Crippen molar-refractivity contribution in [2.75, 3.05) is 13.1 Å². The molecular weight excluding hydrogens is 244 g/mol. The van der Waals surface area contributed by atoms with Crippen LogP contribution >= 0.6 is 0 Å². The predicted molar refractivity (Wildman–Crippen MR) is 70.4 cm³/mol. The van der Waals surface area contributed by atoms with Gasteiger partial charge in [0.15, 0.2) is 0 Å². The van der Waals surface area contributed by atoms with Gasteiger partial charge in [-0.15, -0.1) is 0 Å². The van der Waals surface area contributed by atoms with Crippen LogP contribution < -0.4 is 5.32 Å². The van der Waals surface area contributed by atoms with Crippen molar-refractivity contribution < 1.29 is 14.0 Å².